The quantitative estimate of drug-likeness (QED) is 0.377. The van der Waals surface area contributed by atoms with E-state index in [1.54, 1.807) is 19.2 Å². The Labute approximate surface area is 167 Å². The van der Waals surface area contributed by atoms with E-state index in [2.05, 4.69) is 15.6 Å². The molecule has 0 saturated carbocycles. The fraction of sp³-hybridized carbons (Fsp3) is 0.278. The number of nitrogens with one attached hydrogen (secondary N) is 2. The van der Waals surface area contributed by atoms with Crippen LogP contribution in [-0.2, 0) is 24.4 Å². The SMILES string of the molecule is CN=C(NCc1ccc(F)c(COC)c1)NCc1cc(F)ccc1F.I. The van der Waals surface area contributed by atoms with Crippen molar-refractivity contribution in [3.63, 3.8) is 0 Å². The minimum absolute atomic E-state index is 0. The van der Waals surface area contributed by atoms with Crippen LogP contribution in [0.5, 0.6) is 0 Å². The van der Waals surface area contributed by atoms with Gasteiger partial charge < -0.3 is 15.4 Å². The van der Waals surface area contributed by atoms with E-state index in [1.807, 2.05) is 0 Å². The molecule has 0 bridgehead atoms. The monoisotopic (exact) mass is 479 g/mol. The summed E-state index contributed by atoms with van der Waals surface area (Å²) in [4.78, 5) is 4.03. The largest absolute Gasteiger partial charge is 0.380 e. The standard InChI is InChI=1S/C18H20F3N3O.HI/c1-22-18(24-10-13-8-15(19)4-6-16(13)20)23-9-12-3-5-17(21)14(7-12)11-25-2;/h3-8H,9-11H2,1-2H3,(H2,22,23,24);1H. The van der Waals surface area contributed by atoms with Gasteiger partial charge in [0.2, 0.25) is 0 Å². The molecule has 0 unspecified atom stereocenters. The third-order valence-electron chi connectivity index (χ3n) is 3.55. The number of aliphatic imine (C=N–C) groups is 1. The van der Waals surface area contributed by atoms with Crippen molar-refractivity contribution in [3.8, 4) is 0 Å². The zero-order chi connectivity index (χ0) is 18.2. The summed E-state index contributed by atoms with van der Waals surface area (Å²) in [7, 11) is 3.07. The molecule has 0 heterocycles. The highest BCUT2D eigenvalue weighted by atomic mass is 127. The molecule has 0 amide bonds. The van der Waals surface area contributed by atoms with Crippen LogP contribution in [0.25, 0.3) is 0 Å². The normalized spacial score (nSPS) is 11.0. The summed E-state index contributed by atoms with van der Waals surface area (Å²) >= 11 is 0. The topological polar surface area (TPSA) is 45.7 Å². The number of hydrogen-bond acceptors (Lipinski definition) is 2. The number of benzene rings is 2. The summed E-state index contributed by atoms with van der Waals surface area (Å²) < 4.78 is 45.3. The second-order valence-corrected chi connectivity index (χ2v) is 5.37. The Morgan fingerprint density at radius 1 is 0.962 bits per heavy atom. The van der Waals surface area contributed by atoms with Gasteiger partial charge in [0, 0.05) is 38.4 Å². The summed E-state index contributed by atoms with van der Waals surface area (Å²) in [6.07, 6.45) is 0. The van der Waals surface area contributed by atoms with Crippen molar-refractivity contribution in [3.05, 3.63) is 70.5 Å². The van der Waals surface area contributed by atoms with Crippen LogP contribution in [0.3, 0.4) is 0 Å². The maximum atomic E-state index is 13.6. The highest BCUT2D eigenvalue weighted by Crippen LogP contribution is 2.12. The zero-order valence-electron chi connectivity index (χ0n) is 14.5. The van der Waals surface area contributed by atoms with Crippen molar-refractivity contribution in [1.82, 2.24) is 10.6 Å². The van der Waals surface area contributed by atoms with E-state index < -0.39 is 11.6 Å². The molecule has 0 aliphatic carbocycles. The molecule has 4 nitrogen and oxygen atoms in total. The molecule has 142 valence electrons. The van der Waals surface area contributed by atoms with Gasteiger partial charge in [-0.2, -0.15) is 0 Å². The molecular formula is C18H21F3IN3O. The molecule has 2 aromatic carbocycles. The van der Waals surface area contributed by atoms with Gasteiger partial charge >= 0.3 is 0 Å². The Balaban J connectivity index is 0.00000338. The van der Waals surface area contributed by atoms with Crippen molar-refractivity contribution in [2.45, 2.75) is 19.7 Å². The molecule has 26 heavy (non-hydrogen) atoms. The Morgan fingerprint density at radius 2 is 1.62 bits per heavy atom. The average molecular weight is 479 g/mol. The lowest BCUT2D eigenvalue weighted by molar-refractivity contribution is 0.181. The Hall–Kier alpha value is -1.81. The second-order valence-electron chi connectivity index (χ2n) is 5.37. The second kappa shape index (κ2) is 11.0. The smallest absolute Gasteiger partial charge is 0.191 e. The minimum atomic E-state index is -0.502. The first-order chi connectivity index (χ1) is 12.0. The van der Waals surface area contributed by atoms with Crippen LogP contribution in [0.15, 0.2) is 41.4 Å². The van der Waals surface area contributed by atoms with Crippen LogP contribution < -0.4 is 10.6 Å². The maximum absolute atomic E-state index is 13.6. The van der Waals surface area contributed by atoms with Gasteiger partial charge in [-0.1, -0.05) is 6.07 Å². The number of halogens is 4. The van der Waals surface area contributed by atoms with Crippen LogP contribution in [-0.4, -0.2) is 20.1 Å². The molecular weight excluding hydrogens is 458 g/mol. The Morgan fingerprint density at radius 3 is 2.31 bits per heavy atom. The van der Waals surface area contributed by atoms with Crippen LogP contribution in [0.1, 0.15) is 16.7 Å². The summed E-state index contributed by atoms with van der Waals surface area (Å²) in [6.45, 7) is 0.662. The first kappa shape index (κ1) is 22.2. The fourth-order valence-electron chi connectivity index (χ4n) is 2.27. The van der Waals surface area contributed by atoms with Crippen molar-refractivity contribution >= 4 is 29.9 Å². The number of rotatable bonds is 6. The molecule has 0 atom stereocenters. The van der Waals surface area contributed by atoms with Gasteiger partial charge in [0.15, 0.2) is 5.96 Å². The summed E-state index contributed by atoms with van der Waals surface area (Å²) in [5.41, 5.74) is 1.51. The number of hydrogen-bond donors (Lipinski definition) is 2. The highest BCUT2D eigenvalue weighted by Gasteiger charge is 2.07. The molecule has 0 aromatic heterocycles. The van der Waals surface area contributed by atoms with Gasteiger partial charge in [-0.3, -0.25) is 4.99 Å². The van der Waals surface area contributed by atoms with Gasteiger partial charge in [-0.15, -0.1) is 24.0 Å². The van der Waals surface area contributed by atoms with Crippen molar-refractivity contribution in [2.24, 2.45) is 4.99 Å². The maximum Gasteiger partial charge on any atom is 0.191 e. The van der Waals surface area contributed by atoms with Crippen molar-refractivity contribution < 1.29 is 17.9 Å². The average Bonchev–Trinajstić information content (AvgIpc) is 2.60. The third kappa shape index (κ3) is 6.49. The van der Waals surface area contributed by atoms with Crippen LogP contribution >= 0.6 is 24.0 Å². The van der Waals surface area contributed by atoms with Gasteiger partial charge in [-0.05, 0) is 35.9 Å². The number of guanidine groups is 1. The van der Waals surface area contributed by atoms with Gasteiger partial charge in [-0.25, -0.2) is 13.2 Å². The molecule has 2 rings (SSSR count). The molecule has 8 heteroatoms. The number of methoxy groups -OCH3 is 1. The summed E-state index contributed by atoms with van der Waals surface area (Å²) in [5.74, 6) is -0.902. The van der Waals surface area contributed by atoms with Crippen LogP contribution in [0.4, 0.5) is 13.2 Å². The predicted octanol–water partition coefficient (Wildman–Crippen LogP) is 3.73. The Bertz CT molecular complexity index is 756. The van der Waals surface area contributed by atoms with Crippen LogP contribution in [0, 0.1) is 17.5 Å². The lowest BCUT2D eigenvalue weighted by Gasteiger charge is -2.13. The van der Waals surface area contributed by atoms with E-state index in [9.17, 15) is 13.2 Å². The van der Waals surface area contributed by atoms with Crippen molar-refractivity contribution in [2.75, 3.05) is 14.2 Å². The van der Waals surface area contributed by atoms with Gasteiger partial charge in [0.25, 0.3) is 0 Å². The van der Waals surface area contributed by atoms with E-state index in [0.29, 0.717) is 18.1 Å². The highest BCUT2D eigenvalue weighted by molar-refractivity contribution is 14.0. The van der Waals surface area contributed by atoms with E-state index in [0.717, 1.165) is 23.8 Å². The first-order valence-electron chi connectivity index (χ1n) is 7.68. The Kier molecular flexibility index (Phi) is 9.42. The number of nitrogens with zero attached hydrogens (tertiary/aromatic N) is 1. The molecule has 0 aliphatic rings. The fourth-order valence-corrected chi connectivity index (χ4v) is 2.27. The summed E-state index contributed by atoms with van der Waals surface area (Å²) in [6, 6.07) is 8.01. The van der Waals surface area contributed by atoms with Gasteiger partial charge in [0.05, 0.1) is 6.61 Å². The van der Waals surface area contributed by atoms with E-state index in [1.165, 1.54) is 13.2 Å². The molecule has 2 N–H and O–H groups in total. The molecule has 0 spiro atoms. The predicted molar refractivity (Wildman–Crippen MR) is 106 cm³/mol. The van der Waals surface area contributed by atoms with Crippen molar-refractivity contribution in [1.29, 1.82) is 0 Å². The van der Waals surface area contributed by atoms with Crippen LogP contribution in [0.2, 0.25) is 0 Å². The number of ether oxygens (including phenoxy) is 1. The van der Waals surface area contributed by atoms with E-state index in [4.69, 9.17) is 4.74 Å². The molecule has 0 saturated heterocycles. The summed E-state index contributed by atoms with van der Waals surface area (Å²) in [5, 5.41) is 5.95. The molecule has 0 fully saturated rings. The zero-order valence-corrected chi connectivity index (χ0v) is 16.8. The van der Waals surface area contributed by atoms with E-state index >= 15 is 0 Å². The lowest BCUT2D eigenvalue weighted by atomic mass is 10.1. The lowest BCUT2D eigenvalue weighted by Crippen LogP contribution is -2.36. The van der Waals surface area contributed by atoms with Gasteiger partial charge in [0.1, 0.15) is 17.5 Å². The molecule has 2 aromatic rings. The first-order valence-corrected chi connectivity index (χ1v) is 7.68. The molecule has 0 radical (unpaired) electrons. The molecule has 0 aliphatic heterocycles. The third-order valence-corrected chi connectivity index (χ3v) is 3.55. The minimum Gasteiger partial charge on any atom is -0.380 e. The van der Waals surface area contributed by atoms with E-state index in [-0.39, 0.29) is 48.5 Å².